The third-order valence-corrected chi connectivity index (χ3v) is 15.5. The molecule has 16 heteroatoms. The van der Waals surface area contributed by atoms with Gasteiger partial charge in [-0.1, -0.05) is 72.8 Å². The van der Waals surface area contributed by atoms with Crippen molar-refractivity contribution in [1.29, 1.82) is 0 Å². The van der Waals surface area contributed by atoms with Crippen LogP contribution in [0.4, 0.5) is 0 Å². The molecule has 406 valence electrons. The monoisotopic (exact) mass is 1120 g/mol. The average molecular weight is 1120 g/mol. The minimum absolute atomic E-state index is 0.103. The zero-order chi connectivity index (χ0) is 57.8. The summed E-state index contributed by atoms with van der Waals surface area (Å²) >= 11 is 0. The predicted octanol–water partition coefficient (Wildman–Crippen LogP) is 13.8. The van der Waals surface area contributed by atoms with Crippen molar-refractivity contribution >= 4 is 47.8 Å². The third-order valence-electron chi connectivity index (χ3n) is 15.5. The summed E-state index contributed by atoms with van der Waals surface area (Å²) in [6.07, 6.45) is 0. The molecule has 0 aromatic heterocycles. The van der Waals surface area contributed by atoms with Crippen LogP contribution in [-0.2, 0) is 24.4 Å². The van der Waals surface area contributed by atoms with E-state index in [0.29, 0.717) is 46.0 Å². The van der Waals surface area contributed by atoms with Crippen molar-refractivity contribution in [2.75, 3.05) is 0 Å². The molecule has 10 aromatic rings. The van der Waals surface area contributed by atoms with Crippen LogP contribution in [0.2, 0.25) is 0 Å². The summed E-state index contributed by atoms with van der Waals surface area (Å²) in [6.45, 7) is 0. The Labute approximate surface area is 479 Å². The molecule has 0 amide bonds. The fourth-order valence-electron chi connectivity index (χ4n) is 11.5. The van der Waals surface area contributed by atoms with Gasteiger partial charge in [-0.15, -0.1) is 0 Å². The fraction of sp³-hybridized carbons (Fsp3) is 0.0145. The first kappa shape index (κ1) is 50.0. The van der Waals surface area contributed by atoms with E-state index in [-0.39, 0.29) is 44.5 Å². The molecule has 16 nitrogen and oxygen atoms in total. The van der Waals surface area contributed by atoms with E-state index in [1.54, 1.807) is 24.3 Å². The lowest BCUT2D eigenvalue weighted by atomic mass is 9.67. The highest BCUT2D eigenvalue weighted by molar-refractivity contribution is 6.17. The van der Waals surface area contributed by atoms with Gasteiger partial charge in [0.15, 0.2) is 0 Å². The molecule has 0 fully saturated rings. The van der Waals surface area contributed by atoms with Gasteiger partial charge in [0.1, 0.15) is 46.0 Å². The highest BCUT2D eigenvalue weighted by Gasteiger charge is 2.47. The average Bonchev–Trinajstić information content (AvgIpc) is 1.59. The van der Waals surface area contributed by atoms with Crippen LogP contribution >= 0.6 is 0 Å². The molecule has 0 atom stereocenters. The van der Waals surface area contributed by atoms with Crippen LogP contribution in [-0.4, -0.2) is 47.8 Å². The molecule has 0 saturated carbocycles. The second kappa shape index (κ2) is 19.0. The van der Waals surface area contributed by atoms with E-state index in [2.05, 4.69) is 36.4 Å². The zero-order valence-corrected chi connectivity index (χ0v) is 43.7. The van der Waals surface area contributed by atoms with Crippen LogP contribution in [0.1, 0.15) is 105 Å². The first-order valence-corrected chi connectivity index (χ1v) is 26.4. The number of ether oxygens (including phenoxy) is 8. The van der Waals surface area contributed by atoms with Crippen molar-refractivity contribution in [1.82, 2.24) is 0 Å². The van der Waals surface area contributed by atoms with Crippen molar-refractivity contribution < 1.29 is 76.3 Å². The molecule has 85 heavy (non-hydrogen) atoms. The Kier molecular flexibility index (Phi) is 11.2. The van der Waals surface area contributed by atoms with Crippen LogP contribution in [0.3, 0.4) is 0 Å². The number of rotatable bonds is 12. The quantitative estimate of drug-likeness (QED) is 0.0632. The maximum Gasteiger partial charge on any atom is 0.347 e. The lowest BCUT2D eigenvalue weighted by Gasteiger charge is -2.34. The summed E-state index contributed by atoms with van der Waals surface area (Å²) in [6, 6.07) is 61.1. The number of esters is 8. The molecule has 0 spiro atoms. The summed E-state index contributed by atoms with van der Waals surface area (Å²) in [5, 5.41) is 0. The van der Waals surface area contributed by atoms with Crippen molar-refractivity contribution in [2.24, 2.45) is 0 Å². The molecule has 4 heterocycles. The van der Waals surface area contributed by atoms with E-state index < -0.39 is 53.2 Å². The van der Waals surface area contributed by atoms with Gasteiger partial charge in [-0.25, -0.2) is 38.4 Å². The molecule has 15 rings (SSSR count). The van der Waals surface area contributed by atoms with Crippen LogP contribution < -0.4 is 18.9 Å². The predicted molar refractivity (Wildman–Crippen MR) is 300 cm³/mol. The molecule has 0 radical (unpaired) electrons. The van der Waals surface area contributed by atoms with Crippen molar-refractivity contribution in [3.8, 4) is 79.4 Å². The highest BCUT2D eigenvalue weighted by atomic mass is 16.6. The van der Waals surface area contributed by atoms with Gasteiger partial charge >= 0.3 is 47.8 Å². The Hall–Kier alpha value is -12.0. The molecule has 10 aromatic carbocycles. The topological polar surface area (TPSA) is 210 Å². The molecule has 0 unspecified atom stereocenters. The van der Waals surface area contributed by atoms with E-state index >= 15 is 0 Å². The summed E-state index contributed by atoms with van der Waals surface area (Å²) in [5.41, 5.74) is 8.87. The maximum absolute atomic E-state index is 12.5. The number of carbonyl (C=O) groups excluding carboxylic acids is 8. The van der Waals surface area contributed by atoms with Gasteiger partial charge in [0.05, 0.1) is 49.9 Å². The molecular weight excluding hydrogens is 1080 g/mol. The molecule has 0 saturated heterocycles. The SMILES string of the molecule is O=C1OC(=O)c2cc(Oc3ccc(-c4ccc5c(c4)C(c4ccc(Oc6ccc7c(c6)C(=O)OC7=O)cc4)(c4ccc(Oc6ccc7c(c6)C(=O)OC7=O)cc4)c4cc(-c6ccc(Oc7ccc8c(c7)C(=O)OC8=O)cc6)ccc4-5)cc3)ccc21. The second-order valence-corrected chi connectivity index (χ2v) is 20.3. The van der Waals surface area contributed by atoms with E-state index in [1.165, 1.54) is 48.5 Å². The minimum Gasteiger partial charge on any atom is -0.457 e. The maximum atomic E-state index is 12.5. The van der Waals surface area contributed by atoms with Gasteiger partial charge < -0.3 is 37.9 Å². The van der Waals surface area contributed by atoms with Gasteiger partial charge in [0.2, 0.25) is 0 Å². The number of fused-ring (bicyclic) bond motifs is 7. The summed E-state index contributed by atoms with van der Waals surface area (Å²) in [4.78, 5) is 98.5. The zero-order valence-electron chi connectivity index (χ0n) is 43.7. The first-order valence-electron chi connectivity index (χ1n) is 26.4. The van der Waals surface area contributed by atoms with E-state index in [0.717, 1.165) is 55.6 Å². The number of carbonyl (C=O) groups is 8. The molecular formula is C69H34O16. The minimum atomic E-state index is -1.08. The van der Waals surface area contributed by atoms with Gasteiger partial charge in [0, 0.05) is 0 Å². The van der Waals surface area contributed by atoms with Crippen LogP contribution in [0.5, 0.6) is 46.0 Å². The number of cyclic esters (lactones) is 8. The van der Waals surface area contributed by atoms with E-state index in [1.807, 2.05) is 97.1 Å². The smallest absolute Gasteiger partial charge is 0.347 e. The van der Waals surface area contributed by atoms with Crippen molar-refractivity contribution in [3.63, 3.8) is 0 Å². The van der Waals surface area contributed by atoms with E-state index in [9.17, 15) is 38.4 Å². The summed E-state index contributed by atoms with van der Waals surface area (Å²) in [7, 11) is 0. The first-order chi connectivity index (χ1) is 41.3. The normalized spacial score (nSPS) is 14.5. The molecule has 4 aliphatic heterocycles. The summed E-state index contributed by atoms with van der Waals surface area (Å²) in [5.74, 6) is -2.69. The molecule has 5 aliphatic rings. The number of hydrogen-bond acceptors (Lipinski definition) is 16. The van der Waals surface area contributed by atoms with E-state index in [4.69, 9.17) is 37.9 Å². The Bertz CT molecular complexity index is 4380. The van der Waals surface area contributed by atoms with Crippen molar-refractivity contribution in [3.05, 3.63) is 273 Å². The standard InChI is InChI=1S/C69H34O16/c70-61-51-25-19-45(31-55(51)65(74)82-61)78-41-11-1-35(2-12-41)37-5-23-49-50-24-6-38(36-3-13-42(14-4-36)79-46-20-26-52-56(32-46)66(75)83-62(52)71)30-60(50)69(59(49)29-37,39-7-15-43(16-8-39)80-47-21-27-53-57(33-47)67(76)84-63(53)72)40-9-17-44(18-10-40)81-48-22-28-54-58(34-48)68(77)85-64(54)73/h1-34H. The Morgan fingerprint density at radius 3 is 0.718 bits per heavy atom. The van der Waals surface area contributed by atoms with Gasteiger partial charge in [-0.05, 0) is 189 Å². The lowest BCUT2D eigenvalue weighted by molar-refractivity contribution is 0.0425. The number of hydrogen-bond donors (Lipinski definition) is 0. The van der Waals surface area contributed by atoms with Gasteiger partial charge in [0.25, 0.3) is 0 Å². The van der Waals surface area contributed by atoms with Crippen molar-refractivity contribution in [2.45, 2.75) is 5.41 Å². The fourth-order valence-corrected chi connectivity index (χ4v) is 11.5. The van der Waals surface area contributed by atoms with Crippen LogP contribution in [0, 0.1) is 0 Å². The van der Waals surface area contributed by atoms with Crippen LogP contribution in [0.15, 0.2) is 206 Å². The van der Waals surface area contributed by atoms with Gasteiger partial charge in [-0.2, -0.15) is 0 Å². The largest absolute Gasteiger partial charge is 0.457 e. The molecule has 0 N–H and O–H groups in total. The third kappa shape index (κ3) is 8.30. The Balaban J connectivity index is 0.843. The van der Waals surface area contributed by atoms with Gasteiger partial charge in [-0.3, -0.25) is 0 Å². The highest BCUT2D eigenvalue weighted by Crippen LogP contribution is 2.58. The molecule has 0 bridgehead atoms. The Morgan fingerprint density at radius 1 is 0.212 bits per heavy atom. The second-order valence-electron chi connectivity index (χ2n) is 20.3. The number of benzene rings is 10. The lowest BCUT2D eigenvalue weighted by Crippen LogP contribution is -2.28. The molecule has 1 aliphatic carbocycles. The van der Waals surface area contributed by atoms with Crippen LogP contribution in [0.25, 0.3) is 33.4 Å². The summed E-state index contributed by atoms with van der Waals surface area (Å²) < 4.78 is 44.1. The Morgan fingerprint density at radius 2 is 0.435 bits per heavy atom.